The van der Waals surface area contributed by atoms with Gasteiger partial charge in [0.05, 0.1) is 11.9 Å². The Bertz CT molecular complexity index is 1730. The van der Waals surface area contributed by atoms with Crippen LogP contribution in [0.5, 0.6) is 5.75 Å². The molecule has 53 heavy (non-hydrogen) atoms. The summed E-state index contributed by atoms with van der Waals surface area (Å²) in [5.74, 6) is -4.20. The highest BCUT2D eigenvalue weighted by Crippen LogP contribution is 2.31. The van der Waals surface area contributed by atoms with Gasteiger partial charge in [-0.2, -0.15) is 13.2 Å². The summed E-state index contributed by atoms with van der Waals surface area (Å²) in [5.41, 5.74) is 1.26. The lowest BCUT2D eigenvalue weighted by Gasteiger charge is -2.32. The van der Waals surface area contributed by atoms with Gasteiger partial charge in [-0.05, 0) is 100 Å². The second kappa shape index (κ2) is 19.7. The van der Waals surface area contributed by atoms with Gasteiger partial charge in [0.15, 0.2) is 17.4 Å². The van der Waals surface area contributed by atoms with Gasteiger partial charge in [0.2, 0.25) is 11.7 Å². The van der Waals surface area contributed by atoms with Crippen LogP contribution in [0, 0.1) is 23.5 Å². The number of rotatable bonds is 14. The molecule has 288 valence electrons. The molecule has 2 aliphatic heterocycles. The molecule has 0 radical (unpaired) electrons. The molecule has 3 heterocycles. The Morgan fingerprint density at radius 3 is 2.43 bits per heavy atom. The first kappa shape index (κ1) is 40.7. The lowest BCUT2D eigenvalue weighted by atomic mass is 9.95. The van der Waals surface area contributed by atoms with Crippen LogP contribution >= 0.6 is 0 Å². The van der Waals surface area contributed by atoms with Gasteiger partial charge in [0.1, 0.15) is 0 Å². The van der Waals surface area contributed by atoms with Crippen LogP contribution in [0.15, 0.2) is 36.5 Å². The molecule has 1 atom stereocenters. The number of carbonyl (C=O) groups excluding carboxylic acids is 3. The van der Waals surface area contributed by atoms with Crippen molar-refractivity contribution in [3.63, 3.8) is 0 Å². The maximum absolute atomic E-state index is 14.7. The first-order valence-electron chi connectivity index (χ1n) is 17.4. The molecule has 13 nitrogen and oxygen atoms in total. The van der Waals surface area contributed by atoms with Crippen molar-refractivity contribution in [3.05, 3.63) is 65.1 Å². The second-order valence-corrected chi connectivity index (χ2v) is 12.8. The largest absolute Gasteiger partial charge is 0.483 e. The van der Waals surface area contributed by atoms with E-state index in [9.17, 15) is 31.9 Å². The molecular weight excluding hydrogens is 702 g/mol. The average molecular weight is 748 g/mol. The minimum Gasteiger partial charge on any atom is -0.483 e. The van der Waals surface area contributed by atoms with E-state index in [4.69, 9.17) is 9.90 Å². The monoisotopic (exact) mass is 747 g/mol. The van der Waals surface area contributed by atoms with Crippen molar-refractivity contribution in [1.82, 2.24) is 30.4 Å². The van der Waals surface area contributed by atoms with E-state index in [-0.39, 0.29) is 41.3 Å². The number of imidazole rings is 1. The van der Waals surface area contributed by atoms with Gasteiger partial charge in [0.25, 0.3) is 18.3 Å². The zero-order valence-electron chi connectivity index (χ0n) is 29.6. The van der Waals surface area contributed by atoms with Crippen LogP contribution in [0.1, 0.15) is 59.1 Å². The van der Waals surface area contributed by atoms with Crippen molar-refractivity contribution in [2.45, 2.75) is 45.6 Å². The highest BCUT2D eigenvalue weighted by molar-refractivity contribution is 6.03. The van der Waals surface area contributed by atoms with Crippen LogP contribution in [-0.4, -0.2) is 96.2 Å². The maximum Gasteiger partial charge on any atom is 0.387 e. The molecule has 1 unspecified atom stereocenters. The number of nitrogens with one attached hydrogen (secondary N) is 4. The smallest absolute Gasteiger partial charge is 0.387 e. The molecule has 2 saturated heterocycles. The Hall–Kier alpha value is -5.03. The average Bonchev–Trinajstić information content (AvgIpc) is 3.80. The Morgan fingerprint density at radius 1 is 1.06 bits per heavy atom. The molecule has 3 aromatic rings. The van der Waals surface area contributed by atoms with Crippen molar-refractivity contribution in [2.75, 3.05) is 51.1 Å². The number of carbonyl (C=O) groups is 4. The van der Waals surface area contributed by atoms with Gasteiger partial charge in [-0.3, -0.25) is 19.2 Å². The highest BCUT2D eigenvalue weighted by Gasteiger charge is 2.27. The van der Waals surface area contributed by atoms with Crippen molar-refractivity contribution < 1.29 is 46.6 Å². The number of ether oxygens (including phenoxy) is 1. The van der Waals surface area contributed by atoms with Crippen LogP contribution in [0.3, 0.4) is 0 Å². The van der Waals surface area contributed by atoms with E-state index in [2.05, 4.69) is 35.9 Å². The van der Waals surface area contributed by atoms with Gasteiger partial charge < -0.3 is 40.6 Å². The molecule has 17 heteroatoms. The lowest BCUT2D eigenvalue weighted by molar-refractivity contribution is -0.126. The maximum atomic E-state index is 14.7. The summed E-state index contributed by atoms with van der Waals surface area (Å²) < 4.78 is 59.2. The topological polar surface area (TPSA) is 167 Å². The van der Waals surface area contributed by atoms with Crippen molar-refractivity contribution in [3.8, 4) is 17.0 Å². The van der Waals surface area contributed by atoms with Crippen molar-refractivity contribution in [2.24, 2.45) is 18.9 Å². The lowest BCUT2D eigenvalue weighted by Crippen LogP contribution is -2.42. The van der Waals surface area contributed by atoms with E-state index < -0.39 is 29.9 Å². The molecule has 1 aromatic heterocycles. The first-order chi connectivity index (χ1) is 25.5. The van der Waals surface area contributed by atoms with Crippen LogP contribution in [0.2, 0.25) is 0 Å². The summed E-state index contributed by atoms with van der Waals surface area (Å²) in [7, 11) is 1.42. The predicted molar refractivity (Wildman–Crippen MR) is 188 cm³/mol. The summed E-state index contributed by atoms with van der Waals surface area (Å²) in [4.78, 5) is 53.6. The second-order valence-electron chi connectivity index (χ2n) is 12.8. The molecule has 5 rings (SSSR count). The molecule has 3 amide bonds. The van der Waals surface area contributed by atoms with Gasteiger partial charge in [0, 0.05) is 49.4 Å². The van der Waals surface area contributed by atoms with Crippen LogP contribution in [0.25, 0.3) is 11.3 Å². The first-order valence-corrected chi connectivity index (χ1v) is 17.4. The van der Waals surface area contributed by atoms with E-state index in [0.717, 1.165) is 63.9 Å². The molecule has 0 saturated carbocycles. The quantitative estimate of drug-likeness (QED) is 0.0930. The van der Waals surface area contributed by atoms with E-state index in [1.54, 1.807) is 18.2 Å². The molecule has 2 aliphatic rings. The number of amides is 3. The highest BCUT2D eigenvalue weighted by atomic mass is 19.3. The summed E-state index contributed by atoms with van der Waals surface area (Å²) in [5, 5.41) is 18.9. The number of benzene rings is 2. The number of piperidine rings is 1. The summed E-state index contributed by atoms with van der Waals surface area (Å²) in [6.45, 7) is 4.30. The minimum atomic E-state index is -3.33. The summed E-state index contributed by atoms with van der Waals surface area (Å²) >= 11 is 0. The standard InChI is InChI=1S/C35H43F4N7O4.CH2O2/c1-3-22-17-24(44-34(49)31-43-19-27(45(31)2)26-7-8-28(50-35(38)39)30(37)29(26)36)5-6-25(22)33(48)42-13-4-12-41-32(47)23-10-15-46(16-11-23)20-21-9-14-40-18-21;2-1-3/h5-8,17,19,21,23,35,40H,3-4,9-16,18,20H2,1-2H3,(H,41,47)(H,42,48)(H,44,49);1H,(H,2,3). The number of nitrogens with zero attached hydrogens (tertiary/aromatic N) is 3. The van der Waals surface area contributed by atoms with E-state index in [0.29, 0.717) is 48.7 Å². The minimum absolute atomic E-state index is 0.0236. The number of carboxylic acid groups (broad SMARTS) is 1. The zero-order valence-corrected chi connectivity index (χ0v) is 29.6. The third-order valence-corrected chi connectivity index (χ3v) is 9.29. The summed E-state index contributed by atoms with van der Waals surface area (Å²) in [6, 6.07) is 6.77. The van der Waals surface area contributed by atoms with Crippen LogP contribution < -0.4 is 26.0 Å². The van der Waals surface area contributed by atoms with Gasteiger partial charge in [-0.25, -0.2) is 9.37 Å². The number of hydrogen-bond acceptors (Lipinski definition) is 8. The molecular formula is C36H45F4N7O6. The van der Waals surface area contributed by atoms with Gasteiger partial charge in [-0.1, -0.05) is 6.92 Å². The molecule has 0 aliphatic carbocycles. The predicted octanol–water partition coefficient (Wildman–Crippen LogP) is 4.04. The van der Waals surface area contributed by atoms with Crippen LogP contribution in [-0.2, 0) is 23.1 Å². The molecule has 0 spiro atoms. The molecule has 5 N–H and O–H groups in total. The summed E-state index contributed by atoms with van der Waals surface area (Å²) in [6.07, 6.45) is 5.19. The SMILES string of the molecule is CCc1cc(NC(=O)c2ncc(-c3ccc(OC(F)F)c(F)c3F)n2C)ccc1C(=O)NCCCNC(=O)C1CCN(CC2CCNC2)CC1.O=CO. The van der Waals surface area contributed by atoms with Crippen LogP contribution in [0.4, 0.5) is 23.2 Å². The van der Waals surface area contributed by atoms with Crippen molar-refractivity contribution >= 4 is 29.9 Å². The van der Waals surface area contributed by atoms with E-state index >= 15 is 0 Å². The van der Waals surface area contributed by atoms with E-state index in [1.165, 1.54) is 18.0 Å². The third kappa shape index (κ3) is 11.0. The van der Waals surface area contributed by atoms with Gasteiger partial charge >= 0.3 is 6.61 Å². The fraction of sp³-hybridized carbons (Fsp3) is 0.472. The number of alkyl halides is 2. The number of hydrogen-bond donors (Lipinski definition) is 5. The fourth-order valence-corrected chi connectivity index (χ4v) is 6.51. The van der Waals surface area contributed by atoms with Gasteiger partial charge in [-0.15, -0.1) is 0 Å². The Kier molecular flexibility index (Phi) is 15.1. The molecule has 0 bridgehead atoms. The van der Waals surface area contributed by atoms with Crippen molar-refractivity contribution in [1.29, 1.82) is 0 Å². The number of anilines is 1. The fourth-order valence-electron chi connectivity index (χ4n) is 6.51. The zero-order chi connectivity index (χ0) is 38.5. The number of aryl methyl sites for hydroxylation is 1. The third-order valence-electron chi connectivity index (χ3n) is 9.29. The Labute approximate surface area is 304 Å². The number of aromatic nitrogens is 2. The molecule has 2 aromatic carbocycles. The van der Waals surface area contributed by atoms with E-state index in [1.807, 2.05) is 6.92 Å². The normalized spacial score (nSPS) is 16.1. The Balaban J connectivity index is 0.00000202. The molecule has 2 fully saturated rings. The Morgan fingerprint density at radius 2 is 1.77 bits per heavy atom. The number of likely N-dealkylation sites (tertiary alicyclic amines) is 1. The number of halogens is 4.